The van der Waals surface area contributed by atoms with E-state index in [0.29, 0.717) is 5.52 Å². The fourth-order valence-electron chi connectivity index (χ4n) is 1.44. The van der Waals surface area contributed by atoms with E-state index in [9.17, 15) is 18.0 Å². The molecule has 0 radical (unpaired) electrons. The Balaban J connectivity index is 2.65. The summed E-state index contributed by atoms with van der Waals surface area (Å²) < 4.78 is 37.9. The zero-order valence-corrected chi connectivity index (χ0v) is 9.32. The molecule has 2 rings (SSSR count). The highest BCUT2D eigenvalue weighted by molar-refractivity contribution is 9.10. The van der Waals surface area contributed by atoms with Crippen LogP contribution in [-0.2, 0) is 0 Å². The van der Waals surface area contributed by atoms with Crippen molar-refractivity contribution in [3.05, 3.63) is 34.2 Å². The van der Waals surface area contributed by atoms with E-state index in [1.54, 1.807) is 0 Å². The van der Waals surface area contributed by atoms with Crippen LogP contribution < -0.4 is 0 Å². The Morgan fingerprint density at radius 3 is 2.69 bits per heavy atom. The second-order valence-electron chi connectivity index (χ2n) is 3.18. The van der Waals surface area contributed by atoms with E-state index < -0.39 is 18.0 Å². The van der Waals surface area contributed by atoms with Gasteiger partial charge in [0, 0.05) is 22.7 Å². The third-order valence-electron chi connectivity index (χ3n) is 2.19. The summed E-state index contributed by atoms with van der Waals surface area (Å²) in [6, 6.07) is 2.44. The van der Waals surface area contributed by atoms with Crippen LogP contribution in [-0.4, -0.2) is 17.2 Å². The number of rotatable bonds is 2. The molecule has 0 spiro atoms. The number of carbonyl (C=O) groups is 1. The van der Waals surface area contributed by atoms with Crippen LogP contribution in [0.3, 0.4) is 0 Å². The SMILES string of the molecule is O=C(c1c[nH]c2cc(Br)c(F)cc12)C(F)F. The molecule has 0 unspecified atom stereocenters. The van der Waals surface area contributed by atoms with Gasteiger partial charge in [0.05, 0.1) is 4.47 Å². The van der Waals surface area contributed by atoms with Gasteiger partial charge in [-0.15, -0.1) is 0 Å². The monoisotopic (exact) mass is 291 g/mol. The van der Waals surface area contributed by atoms with Crippen LogP contribution in [0.5, 0.6) is 0 Å². The second-order valence-corrected chi connectivity index (χ2v) is 4.03. The maximum Gasteiger partial charge on any atom is 0.300 e. The number of halogens is 4. The lowest BCUT2D eigenvalue weighted by atomic mass is 10.1. The van der Waals surface area contributed by atoms with Crippen LogP contribution >= 0.6 is 15.9 Å². The highest BCUT2D eigenvalue weighted by Crippen LogP contribution is 2.26. The number of fused-ring (bicyclic) bond motifs is 1. The first-order chi connectivity index (χ1) is 7.50. The molecule has 2 aromatic rings. The van der Waals surface area contributed by atoms with Crippen molar-refractivity contribution < 1.29 is 18.0 Å². The first-order valence-electron chi connectivity index (χ1n) is 4.29. The molecule has 0 saturated heterocycles. The molecule has 0 atom stereocenters. The minimum Gasteiger partial charge on any atom is -0.360 e. The minimum absolute atomic E-state index is 0.158. The fourth-order valence-corrected chi connectivity index (χ4v) is 1.78. The maximum atomic E-state index is 13.2. The van der Waals surface area contributed by atoms with Gasteiger partial charge in [-0.25, -0.2) is 13.2 Å². The summed E-state index contributed by atoms with van der Waals surface area (Å²) in [4.78, 5) is 13.8. The molecule has 1 heterocycles. The van der Waals surface area contributed by atoms with Gasteiger partial charge in [0.15, 0.2) is 0 Å². The minimum atomic E-state index is -3.09. The number of alkyl halides is 2. The maximum absolute atomic E-state index is 13.2. The van der Waals surface area contributed by atoms with Gasteiger partial charge < -0.3 is 4.98 Å². The summed E-state index contributed by atoms with van der Waals surface area (Å²) in [5, 5.41) is 0.158. The molecule has 0 aliphatic carbocycles. The molecule has 0 saturated carbocycles. The average molecular weight is 292 g/mol. The van der Waals surface area contributed by atoms with E-state index >= 15 is 0 Å². The summed E-state index contributed by atoms with van der Waals surface area (Å²) in [5.41, 5.74) is 0.230. The summed E-state index contributed by atoms with van der Waals surface area (Å²) in [5.74, 6) is -1.91. The lowest BCUT2D eigenvalue weighted by molar-refractivity contribution is 0.0680. The Morgan fingerprint density at radius 1 is 1.38 bits per heavy atom. The Bertz CT molecular complexity index is 564. The largest absolute Gasteiger partial charge is 0.360 e. The van der Waals surface area contributed by atoms with Gasteiger partial charge in [-0.3, -0.25) is 4.79 Å². The lowest BCUT2D eigenvalue weighted by Gasteiger charge is -1.98. The summed E-state index contributed by atoms with van der Waals surface area (Å²) >= 11 is 2.96. The third kappa shape index (κ3) is 1.73. The van der Waals surface area contributed by atoms with Crippen molar-refractivity contribution in [1.82, 2.24) is 4.98 Å². The van der Waals surface area contributed by atoms with Crippen LogP contribution in [0.15, 0.2) is 22.8 Å². The van der Waals surface area contributed by atoms with Crippen LogP contribution in [0.25, 0.3) is 10.9 Å². The number of hydrogen-bond donors (Lipinski definition) is 1. The Kier molecular flexibility index (Phi) is 2.75. The van der Waals surface area contributed by atoms with Crippen LogP contribution in [0.1, 0.15) is 10.4 Å². The Hall–Kier alpha value is -1.30. The lowest BCUT2D eigenvalue weighted by Crippen LogP contribution is -2.09. The first kappa shape index (κ1) is 11.2. The van der Waals surface area contributed by atoms with E-state index in [1.165, 1.54) is 6.07 Å². The normalized spacial score (nSPS) is 11.3. The van der Waals surface area contributed by atoms with Crippen molar-refractivity contribution in [3.63, 3.8) is 0 Å². The third-order valence-corrected chi connectivity index (χ3v) is 2.79. The molecule has 16 heavy (non-hydrogen) atoms. The second kappa shape index (κ2) is 3.93. The predicted molar refractivity (Wildman–Crippen MR) is 56.3 cm³/mol. The number of H-pyrrole nitrogens is 1. The highest BCUT2D eigenvalue weighted by atomic mass is 79.9. The van der Waals surface area contributed by atoms with E-state index in [-0.39, 0.29) is 15.4 Å². The number of hydrogen-bond acceptors (Lipinski definition) is 1. The number of nitrogens with one attached hydrogen (secondary N) is 1. The van der Waals surface area contributed by atoms with E-state index in [1.807, 2.05) is 0 Å². The van der Waals surface area contributed by atoms with Crippen LogP contribution in [0.4, 0.5) is 13.2 Å². The van der Waals surface area contributed by atoms with Gasteiger partial charge in [-0.1, -0.05) is 0 Å². The van der Waals surface area contributed by atoms with Crippen molar-refractivity contribution in [2.75, 3.05) is 0 Å². The van der Waals surface area contributed by atoms with Gasteiger partial charge in [-0.2, -0.15) is 0 Å². The van der Waals surface area contributed by atoms with Crippen molar-refractivity contribution in [2.24, 2.45) is 0 Å². The first-order valence-corrected chi connectivity index (χ1v) is 5.08. The van der Waals surface area contributed by atoms with Crippen molar-refractivity contribution in [1.29, 1.82) is 0 Å². The molecule has 0 amide bonds. The van der Waals surface area contributed by atoms with Gasteiger partial charge >= 0.3 is 6.43 Å². The number of Topliss-reactive ketones (excluding diaryl/α,β-unsaturated/α-hetero) is 1. The molecule has 0 aliphatic rings. The summed E-state index contributed by atoms with van der Waals surface area (Å²) in [6.45, 7) is 0. The number of aromatic amines is 1. The molecule has 2 nitrogen and oxygen atoms in total. The van der Waals surface area contributed by atoms with E-state index in [4.69, 9.17) is 0 Å². The average Bonchev–Trinajstić information content (AvgIpc) is 2.60. The predicted octanol–water partition coefficient (Wildman–Crippen LogP) is 3.52. The standard InChI is InChI=1S/C10H5BrF3NO/c11-6-2-8-4(1-7(6)12)5(3-15-8)9(16)10(13)14/h1-3,10,15H. The van der Waals surface area contributed by atoms with Gasteiger partial charge in [0.25, 0.3) is 0 Å². The van der Waals surface area contributed by atoms with Crippen LogP contribution in [0, 0.1) is 5.82 Å². The van der Waals surface area contributed by atoms with Gasteiger partial charge in [-0.05, 0) is 28.1 Å². The summed E-state index contributed by atoms with van der Waals surface area (Å²) in [6.07, 6.45) is -1.93. The highest BCUT2D eigenvalue weighted by Gasteiger charge is 2.21. The van der Waals surface area contributed by atoms with Crippen molar-refractivity contribution in [3.8, 4) is 0 Å². The Morgan fingerprint density at radius 2 is 2.06 bits per heavy atom. The summed E-state index contributed by atoms with van der Waals surface area (Å²) in [7, 11) is 0. The number of benzene rings is 1. The number of carbonyl (C=O) groups excluding carboxylic acids is 1. The number of ketones is 1. The molecular weight excluding hydrogens is 287 g/mol. The zero-order chi connectivity index (χ0) is 11.9. The van der Waals surface area contributed by atoms with E-state index in [0.717, 1.165) is 12.3 Å². The molecule has 1 aromatic heterocycles. The quantitative estimate of drug-likeness (QED) is 0.844. The van der Waals surface area contributed by atoms with Crippen molar-refractivity contribution in [2.45, 2.75) is 6.43 Å². The van der Waals surface area contributed by atoms with Gasteiger partial charge in [0.1, 0.15) is 5.82 Å². The topological polar surface area (TPSA) is 32.9 Å². The molecule has 1 aromatic carbocycles. The van der Waals surface area contributed by atoms with E-state index in [2.05, 4.69) is 20.9 Å². The smallest absolute Gasteiger partial charge is 0.300 e. The van der Waals surface area contributed by atoms with Gasteiger partial charge in [0.2, 0.25) is 5.78 Å². The molecule has 0 fully saturated rings. The molecule has 6 heteroatoms. The molecule has 84 valence electrons. The molecule has 0 aliphatic heterocycles. The van der Waals surface area contributed by atoms with Crippen molar-refractivity contribution >= 4 is 32.6 Å². The van der Waals surface area contributed by atoms with Crippen LogP contribution in [0.2, 0.25) is 0 Å². The fraction of sp³-hybridized carbons (Fsp3) is 0.100. The molecule has 1 N–H and O–H groups in total. The molecule has 0 bridgehead atoms. The molecular formula is C10H5BrF3NO. The Labute approximate surface area is 96.6 Å². The number of aromatic nitrogens is 1. The zero-order valence-electron chi connectivity index (χ0n) is 7.73.